The maximum absolute atomic E-state index is 12.2. The van der Waals surface area contributed by atoms with Crippen molar-refractivity contribution in [1.82, 2.24) is 10.2 Å². The van der Waals surface area contributed by atoms with Crippen LogP contribution in [0.4, 0.5) is 0 Å². The second-order valence-electron chi connectivity index (χ2n) is 9.34. The standard InChI is InChI=1S/C25H49N3O2/c1-4-7-8-9-10-11-12-16-24(29)26-18-13-14-22-28(20-5-2,21-6-3)23-27-19-15-17-25(27)30/h4-23H2,1-3H3/p+1. The average Bonchev–Trinajstić information content (AvgIpc) is 3.11. The van der Waals surface area contributed by atoms with Gasteiger partial charge in [0.25, 0.3) is 0 Å². The first-order valence-electron chi connectivity index (χ1n) is 13.0. The van der Waals surface area contributed by atoms with Crippen molar-refractivity contribution in [3.05, 3.63) is 0 Å². The summed E-state index contributed by atoms with van der Waals surface area (Å²) in [6.45, 7) is 12.7. The number of amides is 2. The minimum Gasteiger partial charge on any atom is -0.356 e. The monoisotopic (exact) mass is 424 g/mol. The molecule has 0 aromatic heterocycles. The summed E-state index contributed by atoms with van der Waals surface area (Å²) in [7, 11) is 0. The van der Waals surface area contributed by atoms with Crippen LogP contribution in [0, 0.1) is 0 Å². The highest BCUT2D eigenvalue weighted by Crippen LogP contribution is 2.18. The Bertz CT molecular complexity index is 461. The Balaban J connectivity index is 2.24. The van der Waals surface area contributed by atoms with E-state index in [4.69, 9.17) is 0 Å². The molecule has 0 atom stereocenters. The average molecular weight is 425 g/mol. The highest BCUT2D eigenvalue weighted by molar-refractivity contribution is 5.77. The number of likely N-dealkylation sites (tertiary alicyclic amines) is 1. The molecule has 0 bridgehead atoms. The highest BCUT2D eigenvalue weighted by Gasteiger charge is 2.32. The Kier molecular flexibility index (Phi) is 14.9. The number of rotatable bonds is 19. The van der Waals surface area contributed by atoms with E-state index in [9.17, 15) is 9.59 Å². The van der Waals surface area contributed by atoms with Crippen LogP contribution in [0.3, 0.4) is 0 Å². The molecule has 2 amide bonds. The lowest BCUT2D eigenvalue weighted by Gasteiger charge is -2.41. The molecular weight excluding hydrogens is 374 g/mol. The number of quaternary nitrogens is 1. The van der Waals surface area contributed by atoms with Gasteiger partial charge in [-0.3, -0.25) is 14.5 Å². The summed E-state index contributed by atoms with van der Waals surface area (Å²) in [5.41, 5.74) is 0. The van der Waals surface area contributed by atoms with Crippen molar-refractivity contribution in [2.45, 2.75) is 111 Å². The van der Waals surface area contributed by atoms with E-state index in [1.807, 2.05) is 0 Å². The van der Waals surface area contributed by atoms with Crippen LogP contribution in [0.25, 0.3) is 0 Å². The van der Waals surface area contributed by atoms with Crippen LogP contribution in [0.2, 0.25) is 0 Å². The molecule has 0 radical (unpaired) electrons. The molecule has 0 spiro atoms. The Hall–Kier alpha value is -1.10. The number of nitrogens with zero attached hydrogens (tertiary/aromatic N) is 2. The summed E-state index contributed by atoms with van der Waals surface area (Å²) >= 11 is 0. The Labute approximate surface area is 186 Å². The zero-order chi connectivity index (χ0) is 22.1. The molecule has 1 rings (SSSR count). The van der Waals surface area contributed by atoms with Gasteiger partial charge >= 0.3 is 0 Å². The van der Waals surface area contributed by atoms with Crippen molar-refractivity contribution in [3.63, 3.8) is 0 Å². The van der Waals surface area contributed by atoms with Crippen molar-refractivity contribution < 1.29 is 14.1 Å². The number of unbranched alkanes of at least 4 members (excludes halogenated alkanes) is 7. The van der Waals surface area contributed by atoms with Crippen LogP contribution in [0.15, 0.2) is 0 Å². The second-order valence-corrected chi connectivity index (χ2v) is 9.34. The van der Waals surface area contributed by atoms with Gasteiger partial charge in [-0.2, -0.15) is 0 Å². The summed E-state index contributed by atoms with van der Waals surface area (Å²) in [6.07, 6.45) is 15.6. The van der Waals surface area contributed by atoms with Gasteiger partial charge in [-0.1, -0.05) is 59.3 Å². The van der Waals surface area contributed by atoms with E-state index in [2.05, 4.69) is 31.0 Å². The smallest absolute Gasteiger partial charge is 0.226 e. The molecule has 0 aromatic rings. The zero-order valence-electron chi connectivity index (χ0n) is 20.4. The van der Waals surface area contributed by atoms with Gasteiger partial charge in [0.1, 0.15) is 0 Å². The molecule has 5 nitrogen and oxygen atoms in total. The molecule has 5 heteroatoms. The predicted octanol–water partition coefficient (Wildman–Crippen LogP) is 5.24. The fourth-order valence-electron chi connectivity index (χ4n) is 4.84. The van der Waals surface area contributed by atoms with Gasteiger partial charge in [0.2, 0.25) is 11.8 Å². The number of carbonyl (C=O) groups is 2. The molecule has 0 aromatic carbocycles. The Morgan fingerprint density at radius 1 is 0.867 bits per heavy atom. The fraction of sp³-hybridized carbons (Fsp3) is 0.920. The Morgan fingerprint density at radius 2 is 1.53 bits per heavy atom. The fourth-order valence-corrected chi connectivity index (χ4v) is 4.84. The van der Waals surface area contributed by atoms with E-state index in [-0.39, 0.29) is 5.91 Å². The number of hydrogen-bond donors (Lipinski definition) is 1. The third kappa shape index (κ3) is 11.3. The van der Waals surface area contributed by atoms with Gasteiger partial charge in [-0.25, -0.2) is 0 Å². The van der Waals surface area contributed by atoms with Gasteiger partial charge in [0, 0.05) is 25.9 Å². The molecule has 0 saturated carbocycles. The van der Waals surface area contributed by atoms with E-state index in [0.717, 1.165) is 88.8 Å². The van der Waals surface area contributed by atoms with Gasteiger partial charge in [-0.05, 0) is 38.5 Å². The largest absolute Gasteiger partial charge is 0.356 e. The second kappa shape index (κ2) is 16.6. The van der Waals surface area contributed by atoms with Crippen molar-refractivity contribution in [2.75, 3.05) is 39.4 Å². The maximum atomic E-state index is 12.2. The lowest BCUT2D eigenvalue weighted by Crippen LogP contribution is -2.56. The zero-order valence-corrected chi connectivity index (χ0v) is 20.4. The van der Waals surface area contributed by atoms with Crippen molar-refractivity contribution in [1.29, 1.82) is 0 Å². The minimum atomic E-state index is 0.217. The van der Waals surface area contributed by atoms with Crippen LogP contribution in [0.5, 0.6) is 0 Å². The third-order valence-electron chi connectivity index (χ3n) is 6.43. The van der Waals surface area contributed by atoms with Gasteiger partial charge in [0.05, 0.1) is 19.6 Å². The molecule has 0 unspecified atom stereocenters. The first-order chi connectivity index (χ1) is 14.6. The van der Waals surface area contributed by atoms with E-state index in [1.54, 1.807) is 0 Å². The summed E-state index contributed by atoms with van der Waals surface area (Å²) in [4.78, 5) is 26.3. The minimum absolute atomic E-state index is 0.217. The quantitative estimate of drug-likeness (QED) is 0.228. The molecule has 30 heavy (non-hydrogen) atoms. The molecule has 1 fully saturated rings. The van der Waals surface area contributed by atoms with Crippen LogP contribution >= 0.6 is 0 Å². The van der Waals surface area contributed by atoms with Crippen LogP contribution in [-0.4, -0.2) is 60.6 Å². The van der Waals surface area contributed by atoms with Gasteiger partial charge < -0.3 is 9.80 Å². The lowest BCUT2D eigenvalue weighted by molar-refractivity contribution is -0.936. The molecule has 0 aliphatic carbocycles. The van der Waals surface area contributed by atoms with Crippen molar-refractivity contribution in [2.24, 2.45) is 0 Å². The SMILES string of the molecule is CCCCCCCCCC(=O)NCCCC[N+](CCC)(CCC)CN1CCCC1=O. The first-order valence-corrected chi connectivity index (χ1v) is 13.0. The van der Waals surface area contributed by atoms with E-state index in [1.165, 1.54) is 38.5 Å². The van der Waals surface area contributed by atoms with Crippen molar-refractivity contribution in [3.8, 4) is 0 Å². The molecular formula is C25H50N3O2+. The van der Waals surface area contributed by atoms with Crippen LogP contribution < -0.4 is 5.32 Å². The molecule has 1 heterocycles. The summed E-state index contributed by atoms with van der Waals surface area (Å²) < 4.78 is 1.03. The van der Waals surface area contributed by atoms with Gasteiger partial charge in [0.15, 0.2) is 6.67 Å². The molecule has 1 aliphatic rings. The van der Waals surface area contributed by atoms with Crippen molar-refractivity contribution >= 4 is 11.8 Å². The lowest BCUT2D eigenvalue weighted by atomic mass is 10.1. The molecule has 1 aliphatic heterocycles. The molecule has 1 N–H and O–H groups in total. The van der Waals surface area contributed by atoms with Crippen LogP contribution in [-0.2, 0) is 9.59 Å². The number of carbonyl (C=O) groups excluding carboxylic acids is 2. The maximum Gasteiger partial charge on any atom is 0.226 e. The van der Waals surface area contributed by atoms with E-state index in [0.29, 0.717) is 12.3 Å². The molecule has 1 saturated heterocycles. The number of nitrogens with one attached hydrogen (secondary N) is 1. The van der Waals surface area contributed by atoms with E-state index >= 15 is 0 Å². The summed E-state index contributed by atoms with van der Waals surface area (Å²) in [5, 5.41) is 3.11. The Morgan fingerprint density at radius 3 is 2.13 bits per heavy atom. The summed E-state index contributed by atoms with van der Waals surface area (Å²) in [5.74, 6) is 0.552. The predicted molar refractivity (Wildman–Crippen MR) is 126 cm³/mol. The third-order valence-corrected chi connectivity index (χ3v) is 6.43. The van der Waals surface area contributed by atoms with Crippen LogP contribution in [0.1, 0.15) is 111 Å². The first kappa shape index (κ1) is 26.9. The topological polar surface area (TPSA) is 49.4 Å². The number of hydrogen-bond acceptors (Lipinski definition) is 2. The van der Waals surface area contributed by atoms with E-state index < -0.39 is 0 Å². The molecule has 176 valence electrons. The summed E-state index contributed by atoms with van der Waals surface area (Å²) in [6, 6.07) is 0. The van der Waals surface area contributed by atoms with Gasteiger partial charge in [-0.15, -0.1) is 0 Å². The highest BCUT2D eigenvalue weighted by atomic mass is 16.2. The normalized spacial score (nSPS) is 14.5.